The van der Waals surface area contributed by atoms with E-state index in [1.807, 2.05) is 13.0 Å². The second kappa shape index (κ2) is 6.70. The van der Waals surface area contributed by atoms with E-state index in [-0.39, 0.29) is 5.82 Å². The molecule has 1 nitrogen and oxygen atoms in total. The lowest BCUT2D eigenvalue weighted by Gasteiger charge is -2.07. The van der Waals surface area contributed by atoms with Gasteiger partial charge in [-0.15, -0.1) is 0 Å². The quantitative estimate of drug-likeness (QED) is 0.535. The van der Waals surface area contributed by atoms with Crippen molar-refractivity contribution in [2.45, 2.75) is 20.3 Å². The molecule has 94 valence electrons. The summed E-state index contributed by atoms with van der Waals surface area (Å²) in [5.41, 5.74) is 3.00. The van der Waals surface area contributed by atoms with Gasteiger partial charge < -0.3 is 0 Å². The summed E-state index contributed by atoms with van der Waals surface area (Å²) in [6.45, 7) is 11.1. The minimum atomic E-state index is -0.230. The molecule has 0 bridgehead atoms. The molecule has 0 aliphatic carbocycles. The number of allylic oxidation sites excluding steroid dienone is 3. The number of rotatable bonds is 5. The Hall–Kier alpha value is -1.96. The molecule has 0 saturated carbocycles. The van der Waals surface area contributed by atoms with E-state index in [0.29, 0.717) is 11.3 Å². The lowest BCUT2D eigenvalue weighted by Crippen LogP contribution is -2.03. The van der Waals surface area contributed by atoms with Gasteiger partial charge in [0.05, 0.1) is 0 Å². The first-order valence-electron chi connectivity index (χ1n) is 5.90. The molecule has 0 unspecified atom stereocenters. The molecule has 0 radical (unpaired) electrons. The third-order valence-electron chi connectivity index (χ3n) is 2.66. The van der Waals surface area contributed by atoms with Crippen molar-refractivity contribution in [3.8, 4) is 0 Å². The summed E-state index contributed by atoms with van der Waals surface area (Å²) in [6.07, 6.45) is 5.78. The SMILES string of the molecule is C=CC(=C)/C=C\N=C(C)c1c(F)cccc1CC. The molecule has 0 saturated heterocycles. The standard InChI is InChI=1S/C16H18FN/c1-5-12(3)10-11-18-13(4)16-14(6-2)8-7-9-15(16)17/h5,7-11H,1,3,6H2,2,4H3/b11-10-,18-13?. The van der Waals surface area contributed by atoms with Gasteiger partial charge in [-0.25, -0.2) is 4.39 Å². The molecule has 0 heterocycles. The maximum Gasteiger partial charge on any atom is 0.132 e. The number of aliphatic imine (C=N–C) groups is 1. The van der Waals surface area contributed by atoms with Crippen LogP contribution in [0.4, 0.5) is 4.39 Å². The van der Waals surface area contributed by atoms with Crippen LogP contribution in [0.25, 0.3) is 0 Å². The van der Waals surface area contributed by atoms with Crippen LogP contribution in [0.2, 0.25) is 0 Å². The zero-order chi connectivity index (χ0) is 13.5. The number of hydrogen-bond acceptors (Lipinski definition) is 1. The summed E-state index contributed by atoms with van der Waals surface area (Å²) in [5.74, 6) is -0.230. The van der Waals surface area contributed by atoms with Crippen LogP contribution in [0, 0.1) is 5.82 Å². The van der Waals surface area contributed by atoms with E-state index in [4.69, 9.17) is 0 Å². The summed E-state index contributed by atoms with van der Waals surface area (Å²) in [5, 5.41) is 0. The zero-order valence-corrected chi connectivity index (χ0v) is 10.9. The van der Waals surface area contributed by atoms with Gasteiger partial charge in [-0.2, -0.15) is 0 Å². The predicted octanol–water partition coefficient (Wildman–Crippen LogP) is 4.45. The summed E-state index contributed by atoms with van der Waals surface area (Å²) >= 11 is 0. The molecule has 2 heteroatoms. The van der Waals surface area contributed by atoms with Gasteiger partial charge in [0.2, 0.25) is 0 Å². The maximum absolute atomic E-state index is 13.8. The maximum atomic E-state index is 13.8. The Kier molecular flexibility index (Phi) is 5.25. The van der Waals surface area contributed by atoms with Crippen molar-refractivity contribution in [1.82, 2.24) is 0 Å². The van der Waals surface area contributed by atoms with Gasteiger partial charge in [-0.1, -0.05) is 38.3 Å². The van der Waals surface area contributed by atoms with Crippen molar-refractivity contribution in [3.63, 3.8) is 0 Å². The molecule has 0 atom stereocenters. The molecular weight excluding hydrogens is 225 g/mol. The second-order valence-corrected chi connectivity index (χ2v) is 3.94. The predicted molar refractivity (Wildman–Crippen MR) is 76.5 cm³/mol. The molecule has 0 fully saturated rings. The van der Waals surface area contributed by atoms with E-state index in [1.54, 1.807) is 31.3 Å². The number of hydrogen-bond donors (Lipinski definition) is 0. The average Bonchev–Trinajstić information content (AvgIpc) is 2.37. The van der Waals surface area contributed by atoms with Crippen molar-refractivity contribution < 1.29 is 4.39 Å². The van der Waals surface area contributed by atoms with E-state index in [1.165, 1.54) is 6.07 Å². The summed E-state index contributed by atoms with van der Waals surface area (Å²) < 4.78 is 13.8. The Bertz CT molecular complexity index is 510. The second-order valence-electron chi connectivity index (χ2n) is 3.94. The Balaban J connectivity index is 3.06. The molecule has 0 spiro atoms. The molecule has 1 rings (SSSR count). The lowest BCUT2D eigenvalue weighted by molar-refractivity contribution is 0.623. The fraction of sp³-hybridized carbons (Fsp3) is 0.188. The summed E-state index contributed by atoms with van der Waals surface area (Å²) in [6, 6.07) is 5.10. The highest BCUT2D eigenvalue weighted by molar-refractivity contribution is 6.00. The Morgan fingerprint density at radius 1 is 1.44 bits per heavy atom. The first kappa shape index (κ1) is 14.1. The van der Waals surface area contributed by atoms with Gasteiger partial charge in [0.25, 0.3) is 0 Å². The van der Waals surface area contributed by atoms with Gasteiger partial charge in [0, 0.05) is 17.5 Å². The molecule has 0 N–H and O–H groups in total. The van der Waals surface area contributed by atoms with Crippen molar-refractivity contribution >= 4 is 5.71 Å². The molecule has 0 amide bonds. The van der Waals surface area contributed by atoms with Crippen LogP contribution in [-0.2, 0) is 6.42 Å². The summed E-state index contributed by atoms with van der Waals surface area (Å²) in [7, 11) is 0. The van der Waals surface area contributed by atoms with E-state index in [2.05, 4.69) is 18.2 Å². The normalized spacial score (nSPS) is 11.8. The van der Waals surface area contributed by atoms with Crippen LogP contribution >= 0.6 is 0 Å². The van der Waals surface area contributed by atoms with Crippen LogP contribution in [0.15, 0.2) is 60.3 Å². The van der Waals surface area contributed by atoms with Crippen LogP contribution in [0.1, 0.15) is 25.0 Å². The van der Waals surface area contributed by atoms with Crippen molar-refractivity contribution in [2.24, 2.45) is 4.99 Å². The highest BCUT2D eigenvalue weighted by Crippen LogP contribution is 2.15. The highest BCUT2D eigenvalue weighted by Gasteiger charge is 2.09. The first-order chi connectivity index (χ1) is 8.60. The molecule has 0 aliphatic rings. The molecular formula is C16H18FN. The molecule has 1 aromatic rings. The third-order valence-corrected chi connectivity index (χ3v) is 2.66. The Labute approximate surface area is 108 Å². The zero-order valence-electron chi connectivity index (χ0n) is 10.9. The fourth-order valence-corrected chi connectivity index (χ4v) is 1.65. The van der Waals surface area contributed by atoms with Crippen LogP contribution in [0.3, 0.4) is 0 Å². The lowest BCUT2D eigenvalue weighted by atomic mass is 10.0. The van der Waals surface area contributed by atoms with E-state index in [0.717, 1.165) is 17.6 Å². The van der Waals surface area contributed by atoms with E-state index in [9.17, 15) is 4.39 Å². The number of benzene rings is 1. The largest absolute Gasteiger partial charge is 0.261 e. The van der Waals surface area contributed by atoms with Gasteiger partial charge in [-0.05, 0) is 36.6 Å². The average molecular weight is 243 g/mol. The molecule has 18 heavy (non-hydrogen) atoms. The van der Waals surface area contributed by atoms with Gasteiger partial charge >= 0.3 is 0 Å². The van der Waals surface area contributed by atoms with Gasteiger partial charge in [0.15, 0.2) is 0 Å². The molecule has 1 aromatic carbocycles. The number of aryl methyl sites for hydroxylation is 1. The smallest absolute Gasteiger partial charge is 0.132 e. The van der Waals surface area contributed by atoms with Crippen LogP contribution < -0.4 is 0 Å². The van der Waals surface area contributed by atoms with Gasteiger partial charge in [0.1, 0.15) is 5.82 Å². The van der Waals surface area contributed by atoms with Crippen molar-refractivity contribution in [1.29, 1.82) is 0 Å². The Morgan fingerprint density at radius 2 is 2.17 bits per heavy atom. The monoisotopic (exact) mass is 243 g/mol. The highest BCUT2D eigenvalue weighted by atomic mass is 19.1. The number of halogens is 1. The van der Waals surface area contributed by atoms with Crippen molar-refractivity contribution in [3.05, 3.63) is 72.2 Å². The molecule has 0 aromatic heterocycles. The van der Waals surface area contributed by atoms with E-state index < -0.39 is 0 Å². The molecule has 0 aliphatic heterocycles. The minimum Gasteiger partial charge on any atom is -0.261 e. The summed E-state index contributed by atoms with van der Waals surface area (Å²) in [4.78, 5) is 4.24. The minimum absolute atomic E-state index is 0.230. The fourth-order valence-electron chi connectivity index (χ4n) is 1.65. The Morgan fingerprint density at radius 3 is 2.78 bits per heavy atom. The van der Waals surface area contributed by atoms with Crippen LogP contribution in [-0.4, -0.2) is 5.71 Å². The van der Waals surface area contributed by atoms with Crippen LogP contribution in [0.5, 0.6) is 0 Å². The van der Waals surface area contributed by atoms with E-state index >= 15 is 0 Å². The van der Waals surface area contributed by atoms with Gasteiger partial charge in [-0.3, -0.25) is 4.99 Å². The number of nitrogens with zero attached hydrogens (tertiary/aromatic N) is 1. The topological polar surface area (TPSA) is 12.4 Å². The van der Waals surface area contributed by atoms with Crippen molar-refractivity contribution in [2.75, 3.05) is 0 Å². The first-order valence-corrected chi connectivity index (χ1v) is 5.90. The third kappa shape index (κ3) is 3.52.